The summed E-state index contributed by atoms with van der Waals surface area (Å²) in [6.07, 6.45) is 1.58. The van der Waals surface area contributed by atoms with Crippen LogP contribution in [-0.4, -0.2) is 47.8 Å². The van der Waals surface area contributed by atoms with Crippen molar-refractivity contribution < 1.29 is 9.53 Å². The summed E-state index contributed by atoms with van der Waals surface area (Å²) in [5.41, 5.74) is 0.726. The number of aryl methyl sites for hydroxylation is 1. The normalized spacial score (nSPS) is 16.2. The topological polar surface area (TPSA) is 45.7 Å². The second-order valence-electron chi connectivity index (χ2n) is 6.10. The number of carbonyl (C=O) groups is 1. The number of rotatable bonds is 1. The molecule has 0 radical (unpaired) electrons. The zero-order valence-electron chi connectivity index (χ0n) is 12.7. The third-order valence-corrected chi connectivity index (χ3v) is 3.21. The predicted octanol–water partition coefficient (Wildman–Crippen LogP) is 2.45. The highest BCUT2D eigenvalue weighted by atomic mass is 16.6. The Morgan fingerprint density at radius 1 is 1.25 bits per heavy atom. The number of hydrogen-bond acceptors (Lipinski definition) is 4. The third kappa shape index (κ3) is 3.62. The van der Waals surface area contributed by atoms with Crippen LogP contribution in [0.5, 0.6) is 0 Å². The molecule has 1 saturated heterocycles. The van der Waals surface area contributed by atoms with Gasteiger partial charge in [-0.3, -0.25) is 0 Å². The Kier molecular flexibility index (Phi) is 4.16. The lowest BCUT2D eigenvalue weighted by molar-refractivity contribution is 0.0240. The molecule has 0 spiro atoms. The van der Waals surface area contributed by atoms with Crippen molar-refractivity contribution in [1.82, 2.24) is 9.88 Å². The number of hydrogen-bond donors (Lipinski definition) is 0. The van der Waals surface area contributed by atoms with Gasteiger partial charge in [-0.05, 0) is 39.3 Å². The molecule has 1 fully saturated rings. The summed E-state index contributed by atoms with van der Waals surface area (Å²) in [6, 6.07) is 4.00. The Bertz CT molecular complexity index is 474. The number of ether oxygens (including phenoxy) is 1. The summed E-state index contributed by atoms with van der Waals surface area (Å²) in [7, 11) is 0. The highest BCUT2D eigenvalue weighted by Gasteiger charge is 2.26. The van der Waals surface area contributed by atoms with Crippen molar-refractivity contribution in [3.05, 3.63) is 23.9 Å². The molecule has 1 aromatic heterocycles. The summed E-state index contributed by atoms with van der Waals surface area (Å²) in [5, 5.41) is 0. The fraction of sp³-hybridized carbons (Fsp3) is 0.600. The molecule has 1 amide bonds. The summed E-state index contributed by atoms with van der Waals surface area (Å²) in [6.45, 7) is 10.6. The van der Waals surface area contributed by atoms with Crippen molar-refractivity contribution in [2.75, 3.05) is 31.1 Å². The van der Waals surface area contributed by atoms with E-state index in [1.165, 1.54) is 5.56 Å². The second-order valence-corrected chi connectivity index (χ2v) is 6.10. The molecule has 20 heavy (non-hydrogen) atoms. The first-order valence-corrected chi connectivity index (χ1v) is 7.01. The fourth-order valence-corrected chi connectivity index (χ4v) is 2.24. The van der Waals surface area contributed by atoms with Gasteiger partial charge in [0, 0.05) is 32.4 Å². The van der Waals surface area contributed by atoms with Gasteiger partial charge in [-0.25, -0.2) is 9.78 Å². The van der Waals surface area contributed by atoms with E-state index in [0.29, 0.717) is 13.1 Å². The van der Waals surface area contributed by atoms with Gasteiger partial charge in [0.2, 0.25) is 0 Å². The van der Waals surface area contributed by atoms with Gasteiger partial charge in [0.15, 0.2) is 0 Å². The third-order valence-electron chi connectivity index (χ3n) is 3.21. The van der Waals surface area contributed by atoms with Crippen molar-refractivity contribution >= 4 is 11.9 Å². The van der Waals surface area contributed by atoms with Gasteiger partial charge in [0.05, 0.1) is 0 Å². The van der Waals surface area contributed by atoms with E-state index in [2.05, 4.69) is 22.9 Å². The summed E-state index contributed by atoms with van der Waals surface area (Å²) < 4.78 is 5.39. The Balaban J connectivity index is 1.93. The van der Waals surface area contributed by atoms with E-state index in [1.807, 2.05) is 33.0 Å². The zero-order chi connectivity index (χ0) is 14.8. The Hall–Kier alpha value is -1.78. The molecular weight excluding hydrogens is 254 g/mol. The molecule has 0 aliphatic carbocycles. The second kappa shape index (κ2) is 5.69. The van der Waals surface area contributed by atoms with Gasteiger partial charge in [-0.15, -0.1) is 0 Å². The molecule has 0 N–H and O–H groups in total. The van der Waals surface area contributed by atoms with Crippen LogP contribution >= 0.6 is 0 Å². The molecule has 1 aliphatic rings. The lowest BCUT2D eigenvalue weighted by Crippen LogP contribution is -2.50. The summed E-state index contributed by atoms with van der Waals surface area (Å²) in [5.74, 6) is 1.01. The SMILES string of the molecule is Cc1cccnc1N1CCN(C(=O)OC(C)(C)C)CC1. The molecule has 1 aliphatic heterocycles. The van der Waals surface area contributed by atoms with Crippen LogP contribution < -0.4 is 4.90 Å². The van der Waals surface area contributed by atoms with Crippen LogP contribution in [0.4, 0.5) is 10.6 Å². The Morgan fingerprint density at radius 2 is 1.90 bits per heavy atom. The predicted molar refractivity (Wildman–Crippen MR) is 79.0 cm³/mol. The van der Waals surface area contributed by atoms with E-state index in [1.54, 1.807) is 4.90 Å². The average molecular weight is 277 g/mol. The molecule has 0 saturated carbocycles. The van der Waals surface area contributed by atoms with Crippen LogP contribution in [0.3, 0.4) is 0 Å². The largest absolute Gasteiger partial charge is 0.444 e. The molecule has 0 aromatic carbocycles. The minimum absolute atomic E-state index is 0.227. The number of carbonyl (C=O) groups excluding carboxylic acids is 1. The number of anilines is 1. The van der Waals surface area contributed by atoms with E-state index in [4.69, 9.17) is 4.74 Å². The minimum Gasteiger partial charge on any atom is -0.444 e. The van der Waals surface area contributed by atoms with Crippen molar-refractivity contribution in [3.63, 3.8) is 0 Å². The zero-order valence-corrected chi connectivity index (χ0v) is 12.7. The van der Waals surface area contributed by atoms with E-state index in [0.717, 1.165) is 18.9 Å². The molecule has 1 aromatic rings. The standard InChI is InChI=1S/C15H23N3O2/c1-12-6-5-7-16-13(12)17-8-10-18(11-9-17)14(19)20-15(2,3)4/h5-7H,8-11H2,1-4H3. The van der Waals surface area contributed by atoms with Crippen molar-refractivity contribution in [1.29, 1.82) is 0 Å². The first-order chi connectivity index (χ1) is 9.37. The smallest absolute Gasteiger partial charge is 0.410 e. The van der Waals surface area contributed by atoms with Gasteiger partial charge in [0.25, 0.3) is 0 Å². The van der Waals surface area contributed by atoms with Crippen LogP contribution in [-0.2, 0) is 4.74 Å². The first kappa shape index (κ1) is 14.6. The van der Waals surface area contributed by atoms with Gasteiger partial charge in [-0.1, -0.05) is 6.07 Å². The van der Waals surface area contributed by atoms with E-state index >= 15 is 0 Å². The molecule has 2 rings (SSSR count). The van der Waals surface area contributed by atoms with Gasteiger partial charge in [-0.2, -0.15) is 0 Å². The molecule has 0 atom stereocenters. The van der Waals surface area contributed by atoms with Crippen molar-refractivity contribution in [2.45, 2.75) is 33.3 Å². The molecule has 2 heterocycles. The monoisotopic (exact) mass is 277 g/mol. The van der Waals surface area contributed by atoms with Crippen LogP contribution in [0.2, 0.25) is 0 Å². The van der Waals surface area contributed by atoms with Gasteiger partial charge < -0.3 is 14.5 Å². The lowest BCUT2D eigenvalue weighted by atomic mass is 10.2. The van der Waals surface area contributed by atoms with Crippen LogP contribution in [0.15, 0.2) is 18.3 Å². The van der Waals surface area contributed by atoms with Crippen molar-refractivity contribution in [3.8, 4) is 0 Å². The van der Waals surface area contributed by atoms with E-state index < -0.39 is 5.60 Å². The maximum Gasteiger partial charge on any atom is 0.410 e. The van der Waals surface area contributed by atoms with Gasteiger partial charge >= 0.3 is 6.09 Å². The van der Waals surface area contributed by atoms with Crippen LogP contribution in [0.1, 0.15) is 26.3 Å². The maximum atomic E-state index is 12.0. The number of pyridine rings is 1. The number of nitrogens with zero attached hydrogens (tertiary/aromatic N) is 3. The highest BCUT2D eigenvalue weighted by Crippen LogP contribution is 2.18. The molecular formula is C15H23N3O2. The summed E-state index contributed by atoms with van der Waals surface area (Å²) >= 11 is 0. The molecule has 110 valence electrons. The minimum atomic E-state index is -0.439. The van der Waals surface area contributed by atoms with Crippen molar-refractivity contribution in [2.24, 2.45) is 0 Å². The fourth-order valence-electron chi connectivity index (χ4n) is 2.24. The molecule has 0 bridgehead atoms. The number of amides is 1. The first-order valence-electron chi connectivity index (χ1n) is 7.01. The maximum absolute atomic E-state index is 12.0. The average Bonchev–Trinajstić information content (AvgIpc) is 2.37. The molecule has 5 nitrogen and oxygen atoms in total. The molecule has 5 heteroatoms. The molecule has 0 unspecified atom stereocenters. The Morgan fingerprint density at radius 3 is 2.45 bits per heavy atom. The summed E-state index contributed by atoms with van der Waals surface area (Å²) in [4.78, 5) is 20.4. The number of piperazine rings is 1. The van der Waals surface area contributed by atoms with E-state index in [-0.39, 0.29) is 6.09 Å². The Labute approximate surface area is 120 Å². The van der Waals surface area contributed by atoms with Crippen LogP contribution in [0.25, 0.3) is 0 Å². The number of aromatic nitrogens is 1. The van der Waals surface area contributed by atoms with Gasteiger partial charge in [0.1, 0.15) is 11.4 Å². The van der Waals surface area contributed by atoms with Crippen LogP contribution in [0, 0.1) is 6.92 Å². The lowest BCUT2D eigenvalue weighted by Gasteiger charge is -2.36. The highest BCUT2D eigenvalue weighted by molar-refractivity contribution is 5.68. The van der Waals surface area contributed by atoms with E-state index in [9.17, 15) is 4.79 Å². The quantitative estimate of drug-likeness (QED) is 0.791.